The molecule has 3 rings (SSSR count). The van der Waals surface area contributed by atoms with Crippen molar-refractivity contribution in [2.24, 2.45) is 7.05 Å². The van der Waals surface area contributed by atoms with Crippen LogP contribution in [0.5, 0.6) is 0 Å². The minimum absolute atomic E-state index is 0.0709. The number of anilines is 1. The number of aromatic nitrogens is 2. The SMILES string of the molecule is CNC(=O)[C@H]1CN(Cc2ccccc2)CCN1CC(=O)Nc1ccn(C)n1. The normalized spacial score (nSPS) is 18.2. The molecule has 1 fully saturated rings. The van der Waals surface area contributed by atoms with Gasteiger partial charge < -0.3 is 10.6 Å². The van der Waals surface area contributed by atoms with Crippen molar-refractivity contribution in [3.8, 4) is 0 Å². The summed E-state index contributed by atoms with van der Waals surface area (Å²) in [5.41, 5.74) is 1.22. The van der Waals surface area contributed by atoms with Crippen molar-refractivity contribution in [2.45, 2.75) is 12.6 Å². The average Bonchev–Trinajstić information content (AvgIpc) is 3.07. The van der Waals surface area contributed by atoms with Crippen LogP contribution in [0.4, 0.5) is 5.82 Å². The zero-order valence-electron chi connectivity index (χ0n) is 15.8. The number of piperazine rings is 1. The molecule has 1 aliphatic rings. The second kappa shape index (κ2) is 8.79. The van der Waals surface area contributed by atoms with E-state index in [9.17, 15) is 9.59 Å². The van der Waals surface area contributed by atoms with E-state index in [0.717, 1.165) is 13.1 Å². The lowest BCUT2D eigenvalue weighted by Gasteiger charge is -2.40. The predicted molar refractivity (Wildman–Crippen MR) is 103 cm³/mol. The van der Waals surface area contributed by atoms with Crippen molar-refractivity contribution in [1.82, 2.24) is 24.9 Å². The van der Waals surface area contributed by atoms with Gasteiger partial charge in [0.05, 0.1) is 6.54 Å². The zero-order chi connectivity index (χ0) is 19.2. The fraction of sp³-hybridized carbons (Fsp3) is 0.421. The third-order valence-electron chi connectivity index (χ3n) is 4.70. The molecule has 0 radical (unpaired) electrons. The van der Waals surface area contributed by atoms with Crippen LogP contribution in [-0.4, -0.2) is 70.7 Å². The highest BCUT2D eigenvalue weighted by molar-refractivity contribution is 5.92. The zero-order valence-corrected chi connectivity index (χ0v) is 15.8. The fourth-order valence-corrected chi connectivity index (χ4v) is 3.32. The molecule has 1 atom stereocenters. The summed E-state index contributed by atoms with van der Waals surface area (Å²) in [6.45, 7) is 3.00. The van der Waals surface area contributed by atoms with E-state index in [4.69, 9.17) is 0 Å². The van der Waals surface area contributed by atoms with Gasteiger partial charge in [0.2, 0.25) is 11.8 Å². The van der Waals surface area contributed by atoms with E-state index < -0.39 is 0 Å². The molecule has 0 aliphatic carbocycles. The molecule has 0 unspecified atom stereocenters. The van der Waals surface area contributed by atoms with Crippen LogP contribution in [-0.2, 0) is 23.2 Å². The Labute approximate surface area is 159 Å². The van der Waals surface area contributed by atoms with Crippen LogP contribution in [0.3, 0.4) is 0 Å². The standard InChI is InChI=1S/C19H26N6O2/c1-20-19(27)16-13-24(12-15-6-4-3-5-7-15)10-11-25(16)14-18(26)21-17-8-9-23(2)22-17/h3-9,16H,10-14H2,1-2H3,(H,20,27)(H,21,22,26)/t16-/m1/s1. The van der Waals surface area contributed by atoms with E-state index in [1.165, 1.54) is 5.56 Å². The van der Waals surface area contributed by atoms with Gasteiger partial charge in [0.15, 0.2) is 5.82 Å². The van der Waals surface area contributed by atoms with Gasteiger partial charge in [-0.1, -0.05) is 30.3 Å². The number of carbonyl (C=O) groups excluding carboxylic acids is 2. The van der Waals surface area contributed by atoms with E-state index in [2.05, 4.69) is 32.8 Å². The largest absolute Gasteiger partial charge is 0.358 e. The molecule has 8 heteroatoms. The van der Waals surface area contributed by atoms with Gasteiger partial charge in [-0.25, -0.2) is 0 Å². The van der Waals surface area contributed by atoms with Gasteiger partial charge >= 0.3 is 0 Å². The molecule has 1 aliphatic heterocycles. The Hall–Kier alpha value is -2.71. The van der Waals surface area contributed by atoms with Crippen molar-refractivity contribution < 1.29 is 9.59 Å². The van der Waals surface area contributed by atoms with Crippen LogP contribution in [0.2, 0.25) is 0 Å². The van der Waals surface area contributed by atoms with Gasteiger partial charge in [0, 0.05) is 52.5 Å². The maximum absolute atomic E-state index is 12.4. The molecule has 0 spiro atoms. The summed E-state index contributed by atoms with van der Waals surface area (Å²) < 4.78 is 1.63. The van der Waals surface area contributed by atoms with Crippen LogP contribution < -0.4 is 10.6 Å². The van der Waals surface area contributed by atoms with Crippen molar-refractivity contribution >= 4 is 17.6 Å². The number of aryl methyl sites for hydroxylation is 1. The van der Waals surface area contributed by atoms with Crippen LogP contribution in [0.15, 0.2) is 42.6 Å². The Morgan fingerprint density at radius 1 is 1.19 bits per heavy atom. The van der Waals surface area contributed by atoms with E-state index in [1.807, 2.05) is 23.1 Å². The molecule has 8 nitrogen and oxygen atoms in total. The monoisotopic (exact) mass is 370 g/mol. The Morgan fingerprint density at radius 2 is 1.96 bits per heavy atom. The quantitative estimate of drug-likeness (QED) is 0.764. The lowest BCUT2D eigenvalue weighted by atomic mass is 10.1. The first-order valence-corrected chi connectivity index (χ1v) is 9.06. The summed E-state index contributed by atoms with van der Waals surface area (Å²) in [6.07, 6.45) is 1.77. The summed E-state index contributed by atoms with van der Waals surface area (Å²) in [5.74, 6) is 0.277. The van der Waals surface area contributed by atoms with Gasteiger partial charge in [-0.2, -0.15) is 5.10 Å². The summed E-state index contributed by atoms with van der Waals surface area (Å²) in [4.78, 5) is 28.9. The molecule has 2 amide bonds. The molecule has 1 aromatic heterocycles. The van der Waals surface area contributed by atoms with Gasteiger partial charge in [-0.15, -0.1) is 0 Å². The average molecular weight is 370 g/mol. The Kier molecular flexibility index (Phi) is 6.20. The number of carbonyl (C=O) groups is 2. The highest BCUT2D eigenvalue weighted by Gasteiger charge is 2.33. The molecule has 2 heterocycles. The maximum atomic E-state index is 12.4. The van der Waals surface area contributed by atoms with E-state index in [-0.39, 0.29) is 24.4 Å². The van der Waals surface area contributed by atoms with Gasteiger partial charge in [0.1, 0.15) is 6.04 Å². The van der Waals surface area contributed by atoms with E-state index in [1.54, 1.807) is 31.0 Å². The van der Waals surface area contributed by atoms with Gasteiger partial charge in [0.25, 0.3) is 0 Å². The minimum atomic E-state index is -0.359. The predicted octanol–water partition coefficient (Wildman–Crippen LogP) is 0.291. The number of nitrogens with zero attached hydrogens (tertiary/aromatic N) is 4. The summed E-state index contributed by atoms with van der Waals surface area (Å²) in [5, 5.41) is 9.65. The van der Waals surface area contributed by atoms with E-state index in [0.29, 0.717) is 18.9 Å². The van der Waals surface area contributed by atoms with Crippen molar-refractivity contribution in [3.05, 3.63) is 48.2 Å². The van der Waals surface area contributed by atoms with Crippen molar-refractivity contribution in [2.75, 3.05) is 38.5 Å². The molecular formula is C19H26N6O2. The van der Waals surface area contributed by atoms with Crippen LogP contribution in [0.25, 0.3) is 0 Å². The first-order valence-electron chi connectivity index (χ1n) is 9.06. The molecule has 2 N–H and O–H groups in total. The molecule has 1 saturated heterocycles. The Morgan fingerprint density at radius 3 is 2.63 bits per heavy atom. The number of rotatable bonds is 6. The third-order valence-corrected chi connectivity index (χ3v) is 4.70. The first kappa shape index (κ1) is 19.1. The highest BCUT2D eigenvalue weighted by Crippen LogP contribution is 2.14. The maximum Gasteiger partial charge on any atom is 0.239 e. The van der Waals surface area contributed by atoms with Gasteiger partial charge in [-0.05, 0) is 5.56 Å². The number of benzene rings is 1. The summed E-state index contributed by atoms with van der Waals surface area (Å²) in [6, 6.07) is 11.6. The summed E-state index contributed by atoms with van der Waals surface area (Å²) >= 11 is 0. The first-order chi connectivity index (χ1) is 13.0. The molecule has 0 bridgehead atoms. The highest BCUT2D eigenvalue weighted by atomic mass is 16.2. The molecular weight excluding hydrogens is 344 g/mol. The molecule has 27 heavy (non-hydrogen) atoms. The number of nitrogens with one attached hydrogen (secondary N) is 2. The Bertz CT molecular complexity index is 776. The lowest BCUT2D eigenvalue weighted by molar-refractivity contribution is -0.130. The molecule has 2 aromatic rings. The van der Waals surface area contributed by atoms with Gasteiger partial charge in [-0.3, -0.25) is 24.1 Å². The van der Waals surface area contributed by atoms with Crippen LogP contribution >= 0.6 is 0 Å². The second-order valence-corrected chi connectivity index (χ2v) is 6.74. The second-order valence-electron chi connectivity index (χ2n) is 6.74. The fourth-order valence-electron chi connectivity index (χ4n) is 3.32. The molecule has 0 saturated carbocycles. The third kappa shape index (κ3) is 5.15. The smallest absolute Gasteiger partial charge is 0.239 e. The lowest BCUT2D eigenvalue weighted by Crippen LogP contribution is -2.59. The number of hydrogen-bond donors (Lipinski definition) is 2. The van der Waals surface area contributed by atoms with Crippen LogP contribution in [0, 0.1) is 0 Å². The Balaban J connectivity index is 1.61. The summed E-state index contributed by atoms with van der Waals surface area (Å²) in [7, 11) is 3.42. The minimum Gasteiger partial charge on any atom is -0.358 e. The van der Waals surface area contributed by atoms with Crippen molar-refractivity contribution in [3.63, 3.8) is 0 Å². The number of hydrogen-bond acceptors (Lipinski definition) is 5. The van der Waals surface area contributed by atoms with E-state index >= 15 is 0 Å². The topological polar surface area (TPSA) is 82.5 Å². The van der Waals surface area contributed by atoms with Crippen molar-refractivity contribution in [1.29, 1.82) is 0 Å². The molecule has 1 aromatic carbocycles. The van der Waals surface area contributed by atoms with Crippen LogP contribution in [0.1, 0.15) is 5.56 Å². The number of likely N-dealkylation sites (N-methyl/N-ethyl adjacent to an activating group) is 1. The molecule has 144 valence electrons. The number of amides is 2.